The van der Waals surface area contributed by atoms with Crippen molar-refractivity contribution in [1.82, 2.24) is 9.80 Å². The number of hydrogen-bond donors (Lipinski definition) is 0. The number of rotatable bonds is 5. The summed E-state index contributed by atoms with van der Waals surface area (Å²) in [5, 5.41) is 0. The first kappa shape index (κ1) is 21.8. The largest absolute Gasteiger partial charge is 0.497 e. The molecule has 2 aliphatic heterocycles. The number of para-hydroxylation sites is 1. The Bertz CT molecular complexity index is 1010. The van der Waals surface area contributed by atoms with Gasteiger partial charge >= 0.3 is 0 Å². The lowest BCUT2D eigenvalue weighted by Gasteiger charge is -2.38. The van der Waals surface area contributed by atoms with Gasteiger partial charge in [0.15, 0.2) is 0 Å². The Morgan fingerprint density at radius 1 is 0.848 bits per heavy atom. The zero-order chi connectivity index (χ0) is 22.9. The number of nitrogens with zero attached hydrogens (tertiary/aromatic N) is 3. The molecule has 2 amide bonds. The van der Waals surface area contributed by atoms with E-state index in [2.05, 4.69) is 36.1 Å². The third kappa shape index (κ3) is 4.43. The molecule has 3 aliphatic rings. The maximum atomic E-state index is 13.7. The molecule has 3 fully saturated rings. The van der Waals surface area contributed by atoms with E-state index in [1.807, 2.05) is 34.1 Å². The predicted octanol–water partition coefficient (Wildman–Crippen LogP) is 3.30. The average molecular weight is 448 g/mol. The van der Waals surface area contributed by atoms with E-state index in [1.54, 1.807) is 7.11 Å². The van der Waals surface area contributed by atoms with Gasteiger partial charge in [-0.25, -0.2) is 0 Å². The molecule has 0 aromatic heterocycles. The Morgan fingerprint density at radius 2 is 1.55 bits per heavy atom. The minimum absolute atomic E-state index is 0.0282. The standard InChI is InChI=1S/C27H33N3O3/c1-19-5-3-4-6-25(19)28-13-15-29(16-14-28)27(32)24-18-30(26(31)21-7-8-21)17-23(24)20-9-11-22(33-2)12-10-20/h3-6,9-12,21,23-24H,7-8,13-18H2,1-2H3/t23-,24-/m0/s1. The van der Waals surface area contributed by atoms with Gasteiger partial charge in [0.1, 0.15) is 5.75 Å². The molecule has 5 rings (SSSR count). The Hall–Kier alpha value is -3.02. The summed E-state index contributed by atoms with van der Waals surface area (Å²) < 4.78 is 5.31. The van der Waals surface area contributed by atoms with E-state index in [1.165, 1.54) is 11.3 Å². The average Bonchev–Trinajstić information content (AvgIpc) is 3.62. The molecule has 33 heavy (non-hydrogen) atoms. The van der Waals surface area contributed by atoms with Crippen molar-refractivity contribution in [2.45, 2.75) is 25.7 Å². The van der Waals surface area contributed by atoms with Crippen LogP contribution in [0.4, 0.5) is 5.69 Å². The maximum absolute atomic E-state index is 13.7. The molecule has 0 spiro atoms. The fourth-order valence-electron chi connectivity index (χ4n) is 5.33. The van der Waals surface area contributed by atoms with Crippen LogP contribution >= 0.6 is 0 Å². The van der Waals surface area contributed by atoms with E-state index in [4.69, 9.17) is 4.74 Å². The number of hydrogen-bond acceptors (Lipinski definition) is 4. The molecule has 0 N–H and O–H groups in total. The van der Waals surface area contributed by atoms with Gasteiger partial charge in [0, 0.05) is 56.8 Å². The second-order valence-corrected chi connectivity index (χ2v) is 9.60. The van der Waals surface area contributed by atoms with Gasteiger partial charge in [0.25, 0.3) is 0 Å². The van der Waals surface area contributed by atoms with Crippen LogP contribution in [0, 0.1) is 18.8 Å². The second kappa shape index (κ2) is 9.08. The van der Waals surface area contributed by atoms with Gasteiger partial charge in [0.2, 0.25) is 11.8 Å². The molecule has 2 heterocycles. The molecule has 0 unspecified atom stereocenters. The molecule has 1 saturated carbocycles. The number of carbonyl (C=O) groups is 2. The minimum atomic E-state index is -0.189. The van der Waals surface area contributed by atoms with E-state index in [0.717, 1.165) is 50.3 Å². The van der Waals surface area contributed by atoms with Crippen LogP contribution in [0.5, 0.6) is 5.75 Å². The van der Waals surface area contributed by atoms with Crippen molar-refractivity contribution in [3.8, 4) is 5.75 Å². The van der Waals surface area contributed by atoms with Crippen LogP contribution in [0.25, 0.3) is 0 Å². The molecular formula is C27H33N3O3. The van der Waals surface area contributed by atoms with Crippen molar-refractivity contribution in [3.05, 3.63) is 59.7 Å². The second-order valence-electron chi connectivity index (χ2n) is 9.60. The van der Waals surface area contributed by atoms with Crippen molar-refractivity contribution in [1.29, 1.82) is 0 Å². The lowest BCUT2D eigenvalue weighted by Crippen LogP contribution is -2.51. The molecule has 2 aromatic carbocycles. The summed E-state index contributed by atoms with van der Waals surface area (Å²) in [6.45, 7) is 6.40. The van der Waals surface area contributed by atoms with Crippen molar-refractivity contribution in [3.63, 3.8) is 0 Å². The summed E-state index contributed by atoms with van der Waals surface area (Å²) in [6.07, 6.45) is 1.98. The van der Waals surface area contributed by atoms with Crippen molar-refractivity contribution in [2.24, 2.45) is 11.8 Å². The summed E-state index contributed by atoms with van der Waals surface area (Å²) in [5.41, 5.74) is 3.63. The van der Waals surface area contributed by atoms with E-state index in [-0.39, 0.29) is 29.6 Å². The highest BCUT2D eigenvalue weighted by molar-refractivity contribution is 5.85. The number of likely N-dealkylation sites (tertiary alicyclic amines) is 1. The topological polar surface area (TPSA) is 53.1 Å². The summed E-state index contributed by atoms with van der Waals surface area (Å²) in [4.78, 5) is 32.9. The van der Waals surface area contributed by atoms with E-state index >= 15 is 0 Å². The molecule has 2 aromatic rings. The van der Waals surface area contributed by atoms with Gasteiger partial charge in [-0.1, -0.05) is 30.3 Å². The van der Waals surface area contributed by atoms with E-state index in [0.29, 0.717) is 13.1 Å². The fourth-order valence-corrected chi connectivity index (χ4v) is 5.33. The normalized spacial score (nSPS) is 23.0. The predicted molar refractivity (Wildman–Crippen MR) is 129 cm³/mol. The van der Waals surface area contributed by atoms with Crippen LogP contribution in [0.15, 0.2) is 48.5 Å². The number of amides is 2. The number of anilines is 1. The first-order chi connectivity index (χ1) is 16.0. The first-order valence-electron chi connectivity index (χ1n) is 12.1. The van der Waals surface area contributed by atoms with Crippen LogP contribution in [0.2, 0.25) is 0 Å². The molecule has 0 bridgehead atoms. The molecule has 2 saturated heterocycles. The first-order valence-corrected chi connectivity index (χ1v) is 12.1. The number of benzene rings is 2. The van der Waals surface area contributed by atoms with Gasteiger partial charge < -0.3 is 19.4 Å². The molecule has 6 nitrogen and oxygen atoms in total. The highest BCUT2D eigenvalue weighted by Gasteiger charge is 2.45. The van der Waals surface area contributed by atoms with Crippen LogP contribution in [0.1, 0.15) is 29.9 Å². The molecule has 1 aliphatic carbocycles. The maximum Gasteiger partial charge on any atom is 0.228 e. The number of ether oxygens (including phenoxy) is 1. The zero-order valence-corrected chi connectivity index (χ0v) is 19.6. The third-order valence-electron chi connectivity index (χ3n) is 7.47. The molecule has 6 heteroatoms. The molecule has 2 atom stereocenters. The Balaban J connectivity index is 1.31. The number of carbonyl (C=O) groups excluding carboxylic acids is 2. The lowest BCUT2D eigenvalue weighted by molar-refractivity contribution is -0.136. The lowest BCUT2D eigenvalue weighted by atomic mass is 9.87. The number of piperazine rings is 1. The van der Waals surface area contributed by atoms with E-state index < -0.39 is 0 Å². The Morgan fingerprint density at radius 3 is 2.18 bits per heavy atom. The van der Waals surface area contributed by atoms with E-state index in [9.17, 15) is 9.59 Å². The fraction of sp³-hybridized carbons (Fsp3) is 0.481. The van der Waals surface area contributed by atoms with Crippen molar-refractivity contribution < 1.29 is 14.3 Å². The zero-order valence-electron chi connectivity index (χ0n) is 19.6. The van der Waals surface area contributed by atoms with Crippen molar-refractivity contribution in [2.75, 3.05) is 51.3 Å². The minimum Gasteiger partial charge on any atom is -0.497 e. The van der Waals surface area contributed by atoms with Gasteiger partial charge in [-0.2, -0.15) is 0 Å². The summed E-state index contributed by atoms with van der Waals surface area (Å²) >= 11 is 0. The highest BCUT2D eigenvalue weighted by atomic mass is 16.5. The smallest absolute Gasteiger partial charge is 0.228 e. The number of aryl methyl sites for hydroxylation is 1. The summed E-state index contributed by atoms with van der Waals surface area (Å²) in [5.74, 6) is 1.23. The van der Waals surface area contributed by atoms with Crippen molar-refractivity contribution >= 4 is 17.5 Å². The van der Waals surface area contributed by atoms with Crippen LogP contribution in [-0.2, 0) is 9.59 Å². The quantitative estimate of drug-likeness (QED) is 0.706. The van der Waals surface area contributed by atoms with Crippen LogP contribution in [0.3, 0.4) is 0 Å². The van der Waals surface area contributed by atoms with Gasteiger partial charge in [-0.05, 0) is 49.1 Å². The summed E-state index contributed by atoms with van der Waals surface area (Å²) in [7, 11) is 1.66. The molecule has 0 radical (unpaired) electrons. The molecule has 174 valence electrons. The monoisotopic (exact) mass is 447 g/mol. The summed E-state index contributed by atoms with van der Waals surface area (Å²) in [6, 6.07) is 16.4. The van der Waals surface area contributed by atoms with Crippen LogP contribution in [-0.4, -0.2) is 68.0 Å². The number of methoxy groups -OCH3 is 1. The van der Waals surface area contributed by atoms with Gasteiger partial charge in [-0.3, -0.25) is 9.59 Å². The van der Waals surface area contributed by atoms with Crippen LogP contribution < -0.4 is 9.64 Å². The Kier molecular flexibility index (Phi) is 6.00. The third-order valence-corrected chi connectivity index (χ3v) is 7.47. The molecular weight excluding hydrogens is 414 g/mol. The Labute approximate surface area is 196 Å². The van der Waals surface area contributed by atoms with Gasteiger partial charge in [-0.15, -0.1) is 0 Å². The van der Waals surface area contributed by atoms with Gasteiger partial charge in [0.05, 0.1) is 13.0 Å². The SMILES string of the molecule is COc1ccc([C@@H]2CN(C(=O)C3CC3)C[C@@H]2C(=O)N2CCN(c3ccccc3C)CC2)cc1. The highest BCUT2D eigenvalue weighted by Crippen LogP contribution is 2.39.